The monoisotopic (exact) mass is 627 g/mol. The molecule has 0 saturated heterocycles. The summed E-state index contributed by atoms with van der Waals surface area (Å²) in [5, 5.41) is 21.7. The number of rotatable bonds is 17. The minimum atomic E-state index is -0.967. The molecule has 2 aromatic carbocycles. The molecule has 2 heterocycles. The van der Waals surface area contributed by atoms with Gasteiger partial charge in [-0.05, 0) is 28.3 Å². The lowest BCUT2D eigenvalue weighted by atomic mass is 9.98. The van der Waals surface area contributed by atoms with E-state index in [1.165, 1.54) is 0 Å². The summed E-state index contributed by atoms with van der Waals surface area (Å²) < 4.78 is 16.8. The fraction of sp³-hybridized carbons (Fsp3) is 0.357. The predicted octanol–water partition coefficient (Wildman–Crippen LogP) is 4.40. The maximum Gasteiger partial charge on any atom is 0.510 e. The molecule has 0 radical (unpaired) electrons. The van der Waals surface area contributed by atoms with Gasteiger partial charge in [0.2, 0.25) is 12.6 Å². The molecule has 0 aliphatic rings. The highest BCUT2D eigenvalue weighted by Gasteiger charge is 2.17. The quantitative estimate of drug-likeness (QED) is 0.0531. The van der Waals surface area contributed by atoms with Gasteiger partial charge in [0.25, 0.3) is 5.09 Å². The van der Waals surface area contributed by atoms with Crippen LogP contribution in [0.2, 0.25) is 5.15 Å². The number of aryl methyl sites for hydroxylation is 1. The number of unbranched alkanes of at least 4 members (excludes halogenated alkanes) is 1. The molecule has 0 fully saturated rings. The number of nitrogens with zero attached hydrogens (tertiary/aromatic N) is 7. The van der Waals surface area contributed by atoms with Crippen LogP contribution in [0.4, 0.5) is 4.79 Å². The third-order valence-corrected chi connectivity index (χ3v) is 6.58. The number of halogens is 1. The van der Waals surface area contributed by atoms with E-state index in [1.807, 2.05) is 53.1 Å². The van der Waals surface area contributed by atoms with Crippen molar-refractivity contribution >= 4 is 24.0 Å². The Balaban J connectivity index is 1.36. The first kappa shape index (κ1) is 32.0. The third-order valence-electron chi connectivity index (χ3n) is 6.30. The molecule has 0 saturated carbocycles. The summed E-state index contributed by atoms with van der Waals surface area (Å²) in [5.41, 5.74) is 3.84. The molecule has 0 spiro atoms. The second-order valence-electron chi connectivity index (χ2n) is 9.28. The Morgan fingerprint density at radius 2 is 1.80 bits per heavy atom. The Morgan fingerprint density at radius 1 is 1.05 bits per heavy atom. The maximum atomic E-state index is 11.8. The molecule has 0 aliphatic carbocycles. The number of carbonyl (C=O) groups is 2. The number of aldehydes is 1. The second-order valence-corrected chi connectivity index (χ2v) is 9.64. The summed E-state index contributed by atoms with van der Waals surface area (Å²) in [6.07, 6.45) is 2.45. The lowest BCUT2D eigenvalue weighted by Gasteiger charge is -2.11. The molecular formula is C28H30ClN7O8. The molecule has 0 aliphatic heterocycles. The zero-order valence-corrected chi connectivity index (χ0v) is 24.6. The van der Waals surface area contributed by atoms with Gasteiger partial charge in [-0.2, -0.15) is 0 Å². The minimum Gasteiger partial charge on any atom is -0.432 e. The summed E-state index contributed by atoms with van der Waals surface area (Å²) in [6, 6.07) is 15.5. The Bertz CT molecular complexity index is 1560. The van der Waals surface area contributed by atoms with Crippen LogP contribution in [0, 0.1) is 10.1 Å². The van der Waals surface area contributed by atoms with Crippen molar-refractivity contribution in [1.82, 2.24) is 29.8 Å². The van der Waals surface area contributed by atoms with Crippen LogP contribution in [0.15, 0.2) is 48.5 Å². The Morgan fingerprint density at radius 3 is 2.52 bits per heavy atom. The first-order valence-corrected chi connectivity index (χ1v) is 14.1. The molecule has 0 unspecified atom stereocenters. The Hall–Kier alpha value is -4.89. The molecule has 0 amide bonds. The molecule has 0 bridgehead atoms. The van der Waals surface area contributed by atoms with Gasteiger partial charge in [0.15, 0.2) is 11.4 Å². The molecule has 15 nitrogen and oxygen atoms in total. The zero-order chi connectivity index (χ0) is 31.3. The number of benzene rings is 2. The average molecular weight is 628 g/mol. The Kier molecular flexibility index (Phi) is 11.7. The summed E-state index contributed by atoms with van der Waals surface area (Å²) in [5.74, 6) is 1.11. The smallest absolute Gasteiger partial charge is 0.432 e. The van der Waals surface area contributed by atoms with Gasteiger partial charge in [-0.25, -0.2) is 9.78 Å². The van der Waals surface area contributed by atoms with E-state index in [2.05, 4.69) is 32.2 Å². The minimum absolute atomic E-state index is 0.0113. The molecule has 2 aromatic heterocycles. The first-order valence-electron chi connectivity index (χ1n) is 13.7. The SMILES string of the molecule is CCCCc1nc(Cl)c(C=O)n1Cc1ccc(-c2ccccc2-c2nnn(COC(=O)OCCOCCO[N+](=O)[O-])n2)cc1. The number of aromatic nitrogens is 6. The summed E-state index contributed by atoms with van der Waals surface area (Å²) in [4.78, 5) is 43.2. The number of tetrazole rings is 1. The highest BCUT2D eigenvalue weighted by molar-refractivity contribution is 6.31. The van der Waals surface area contributed by atoms with Gasteiger partial charge in [-0.1, -0.05) is 73.5 Å². The van der Waals surface area contributed by atoms with Crippen molar-refractivity contribution in [3.05, 3.63) is 80.9 Å². The van der Waals surface area contributed by atoms with Crippen LogP contribution < -0.4 is 0 Å². The second kappa shape index (κ2) is 16.1. The number of ether oxygens (including phenoxy) is 3. The van der Waals surface area contributed by atoms with Crippen LogP contribution in [-0.2, 0) is 38.7 Å². The van der Waals surface area contributed by atoms with E-state index in [4.69, 9.17) is 25.8 Å². The summed E-state index contributed by atoms with van der Waals surface area (Å²) in [7, 11) is 0. The van der Waals surface area contributed by atoms with Crippen LogP contribution in [-0.4, -0.2) is 73.7 Å². The van der Waals surface area contributed by atoms with Gasteiger partial charge in [-0.3, -0.25) is 4.79 Å². The Labute approximate surface area is 256 Å². The predicted molar refractivity (Wildman–Crippen MR) is 155 cm³/mol. The van der Waals surface area contributed by atoms with Crippen LogP contribution in [0.1, 0.15) is 41.6 Å². The maximum absolute atomic E-state index is 11.8. The lowest BCUT2D eigenvalue weighted by molar-refractivity contribution is -0.758. The third kappa shape index (κ3) is 8.81. The van der Waals surface area contributed by atoms with Crippen molar-refractivity contribution in [2.45, 2.75) is 39.5 Å². The summed E-state index contributed by atoms with van der Waals surface area (Å²) >= 11 is 6.22. The van der Waals surface area contributed by atoms with E-state index in [0.29, 0.717) is 18.1 Å². The zero-order valence-electron chi connectivity index (χ0n) is 23.8. The average Bonchev–Trinajstić information content (AvgIpc) is 3.62. The van der Waals surface area contributed by atoms with Crippen LogP contribution in [0.3, 0.4) is 0 Å². The fourth-order valence-electron chi connectivity index (χ4n) is 4.21. The normalized spacial score (nSPS) is 10.9. The van der Waals surface area contributed by atoms with Gasteiger partial charge >= 0.3 is 6.16 Å². The largest absolute Gasteiger partial charge is 0.510 e. The molecular weight excluding hydrogens is 598 g/mol. The molecule has 4 aromatic rings. The standard InChI is InChI=1S/C28H30ClN7O8/c1-2-3-8-25-30-26(29)24(18-37)34(25)17-20-9-11-21(12-10-20)22-6-4-5-7-23(22)27-31-33-35(32-27)19-43-28(38)42-15-13-41-14-16-44-36(39)40/h4-7,9-12,18H,2-3,8,13-17,19H2,1H3. The van der Waals surface area contributed by atoms with Crippen molar-refractivity contribution in [1.29, 1.82) is 0 Å². The van der Waals surface area contributed by atoms with Crippen LogP contribution in [0.5, 0.6) is 0 Å². The van der Waals surface area contributed by atoms with E-state index in [0.717, 1.165) is 58.4 Å². The highest BCUT2D eigenvalue weighted by Crippen LogP contribution is 2.30. The number of carbonyl (C=O) groups excluding carboxylic acids is 2. The molecule has 0 atom stereocenters. The summed E-state index contributed by atoms with van der Waals surface area (Å²) in [6.45, 7) is 1.86. The lowest BCUT2D eigenvalue weighted by Crippen LogP contribution is -2.16. The number of imidazole rings is 1. The van der Waals surface area contributed by atoms with Crippen LogP contribution >= 0.6 is 11.6 Å². The van der Waals surface area contributed by atoms with Crippen molar-refractivity contribution < 1.29 is 33.7 Å². The van der Waals surface area contributed by atoms with Crippen molar-refractivity contribution in [2.75, 3.05) is 26.4 Å². The van der Waals surface area contributed by atoms with Crippen molar-refractivity contribution in [2.24, 2.45) is 0 Å². The van der Waals surface area contributed by atoms with Crippen molar-refractivity contribution in [3.8, 4) is 22.5 Å². The van der Waals surface area contributed by atoms with E-state index >= 15 is 0 Å². The molecule has 4 rings (SSSR count). The van der Waals surface area contributed by atoms with Gasteiger partial charge < -0.3 is 23.6 Å². The number of hydrogen-bond donors (Lipinski definition) is 0. The van der Waals surface area contributed by atoms with E-state index in [-0.39, 0.29) is 38.3 Å². The van der Waals surface area contributed by atoms with Gasteiger partial charge in [-0.15, -0.1) is 25.1 Å². The van der Waals surface area contributed by atoms with Crippen molar-refractivity contribution in [3.63, 3.8) is 0 Å². The van der Waals surface area contributed by atoms with E-state index in [9.17, 15) is 19.7 Å². The molecule has 44 heavy (non-hydrogen) atoms. The fourth-order valence-corrected chi connectivity index (χ4v) is 4.46. The van der Waals surface area contributed by atoms with E-state index < -0.39 is 11.2 Å². The van der Waals surface area contributed by atoms with Gasteiger partial charge in [0.05, 0.1) is 13.2 Å². The molecule has 16 heteroatoms. The number of hydrogen-bond acceptors (Lipinski definition) is 12. The van der Waals surface area contributed by atoms with Crippen LogP contribution in [0.25, 0.3) is 22.5 Å². The van der Waals surface area contributed by atoms with E-state index in [1.54, 1.807) is 0 Å². The van der Waals surface area contributed by atoms with Gasteiger partial charge in [0, 0.05) is 18.5 Å². The topological polar surface area (TPSA) is 176 Å². The van der Waals surface area contributed by atoms with Gasteiger partial charge in [0.1, 0.15) is 24.7 Å². The first-order chi connectivity index (χ1) is 21.4. The molecule has 0 N–H and O–H groups in total. The highest BCUT2D eigenvalue weighted by atomic mass is 35.5. The molecule has 232 valence electrons.